The van der Waals surface area contributed by atoms with Crippen LogP contribution in [0.4, 0.5) is 5.69 Å². The van der Waals surface area contributed by atoms with Gasteiger partial charge in [-0.25, -0.2) is 0 Å². The van der Waals surface area contributed by atoms with Gasteiger partial charge in [-0.1, -0.05) is 0 Å². The number of nitrogen functional groups attached to an aromatic ring is 1. The molecule has 0 saturated carbocycles. The van der Waals surface area contributed by atoms with Crippen molar-refractivity contribution < 1.29 is 9.53 Å². The number of fused-ring (bicyclic) bond motifs is 1. The molecule has 1 amide bonds. The normalized spacial score (nSPS) is 16.2. The first kappa shape index (κ1) is 14.3. The van der Waals surface area contributed by atoms with Crippen LogP contribution >= 0.6 is 11.3 Å². The van der Waals surface area contributed by atoms with E-state index in [4.69, 9.17) is 10.5 Å². The van der Waals surface area contributed by atoms with Crippen LogP contribution in [0.2, 0.25) is 0 Å². The summed E-state index contributed by atoms with van der Waals surface area (Å²) in [5, 5.41) is 0. The highest BCUT2D eigenvalue weighted by Crippen LogP contribution is 2.32. The number of rotatable bonds is 3. The number of pyridine rings is 1. The Labute approximate surface area is 127 Å². The molecule has 3 rings (SSSR count). The molecule has 5 nitrogen and oxygen atoms in total. The molecule has 1 fully saturated rings. The Morgan fingerprint density at radius 2 is 2.29 bits per heavy atom. The highest BCUT2D eigenvalue weighted by atomic mass is 32.1. The van der Waals surface area contributed by atoms with Gasteiger partial charge in [-0.2, -0.15) is 0 Å². The van der Waals surface area contributed by atoms with Crippen LogP contribution in [-0.2, 0) is 4.74 Å². The van der Waals surface area contributed by atoms with Crippen LogP contribution < -0.4 is 5.73 Å². The average Bonchev–Trinajstić information content (AvgIpc) is 2.85. The van der Waals surface area contributed by atoms with Crippen LogP contribution in [0.25, 0.3) is 10.2 Å². The lowest BCUT2D eigenvalue weighted by atomic mass is 10.00. The summed E-state index contributed by atoms with van der Waals surface area (Å²) in [5.74, 6) is 0.503. The minimum Gasteiger partial charge on any atom is -0.396 e. The summed E-state index contributed by atoms with van der Waals surface area (Å²) < 4.78 is 6.31. The molecule has 0 aliphatic carbocycles. The number of ether oxygens (including phenoxy) is 1. The number of carbonyl (C=O) groups is 1. The number of hydrogen-bond donors (Lipinski definition) is 1. The molecule has 2 aromatic heterocycles. The zero-order chi connectivity index (χ0) is 14.8. The molecule has 1 aliphatic heterocycles. The van der Waals surface area contributed by atoms with Crippen LogP contribution in [0.3, 0.4) is 0 Å². The van der Waals surface area contributed by atoms with E-state index < -0.39 is 0 Å². The van der Waals surface area contributed by atoms with E-state index in [-0.39, 0.29) is 5.91 Å². The minimum absolute atomic E-state index is 0.0120. The molecule has 0 atom stereocenters. The van der Waals surface area contributed by atoms with Gasteiger partial charge in [0.1, 0.15) is 10.4 Å². The molecule has 1 saturated heterocycles. The summed E-state index contributed by atoms with van der Waals surface area (Å²) in [4.78, 5) is 19.2. The maximum atomic E-state index is 12.6. The van der Waals surface area contributed by atoms with Gasteiger partial charge in [0.25, 0.3) is 5.91 Å². The maximum Gasteiger partial charge on any atom is 0.265 e. The summed E-state index contributed by atoms with van der Waals surface area (Å²) >= 11 is 1.42. The predicted octanol–water partition coefficient (Wildman–Crippen LogP) is 2.38. The van der Waals surface area contributed by atoms with Gasteiger partial charge in [-0.05, 0) is 30.9 Å². The lowest BCUT2D eigenvalue weighted by Gasteiger charge is -2.27. The molecule has 6 heteroatoms. The lowest BCUT2D eigenvalue weighted by Crippen LogP contribution is -2.34. The lowest BCUT2D eigenvalue weighted by molar-refractivity contribution is 0.0499. The Morgan fingerprint density at radius 1 is 1.52 bits per heavy atom. The molecule has 0 aromatic carbocycles. The van der Waals surface area contributed by atoms with E-state index in [9.17, 15) is 4.79 Å². The zero-order valence-corrected chi connectivity index (χ0v) is 12.9. The SMILES string of the molecule is CN(CC1CCOCC1)C(=O)c1sc2cccnc2c1N. The third-order valence-electron chi connectivity index (χ3n) is 3.90. The van der Waals surface area contributed by atoms with Gasteiger partial charge in [0.05, 0.1) is 10.4 Å². The Kier molecular flexibility index (Phi) is 4.07. The maximum absolute atomic E-state index is 12.6. The number of anilines is 1. The fraction of sp³-hybridized carbons (Fsp3) is 0.467. The van der Waals surface area contributed by atoms with Crippen LogP contribution in [0.15, 0.2) is 18.3 Å². The monoisotopic (exact) mass is 305 g/mol. The first-order valence-corrected chi connectivity index (χ1v) is 7.94. The number of carbonyl (C=O) groups excluding carboxylic acids is 1. The largest absolute Gasteiger partial charge is 0.396 e. The summed E-state index contributed by atoms with van der Waals surface area (Å²) in [5.41, 5.74) is 7.32. The zero-order valence-electron chi connectivity index (χ0n) is 12.0. The third-order valence-corrected chi connectivity index (χ3v) is 5.04. The van der Waals surface area contributed by atoms with Crippen molar-refractivity contribution in [3.05, 3.63) is 23.2 Å². The second-order valence-corrected chi connectivity index (χ2v) is 6.49. The Morgan fingerprint density at radius 3 is 3.00 bits per heavy atom. The van der Waals surface area contributed by atoms with Crippen molar-refractivity contribution in [3.63, 3.8) is 0 Å². The average molecular weight is 305 g/mol. The molecular formula is C15H19N3O2S. The van der Waals surface area contributed by atoms with Gasteiger partial charge in [-0.3, -0.25) is 9.78 Å². The third kappa shape index (κ3) is 2.87. The van der Waals surface area contributed by atoms with Crippen LogP contribution in [-0.4, -0.2) is 42.6 Å². The molecule has 2 aromatic rings. The summed E-state index contributed by atoms with van der Waals surface area (Å²) in [6.07, 6.45) is 3.73. The predicted molar refractivity (Wildman–Crippen MR) is 84.5 cm³/mol. The quantitative estimate of drug-likeness (QED) is 0.945. The molecule has 1 aliphatic rings. The van der Waals surface area contributed by atoms with Gasteiger partial charge in [-0.15, -0.1) is 11.3 Å². The number of nitrogens with zero attached hydrogens (tertiary/aromatic N) is 2. The second kappa shape index (κ2) is 5.99. The van der Waals surface area contributed by atoms with Crippen molar-refractivity contribution in [1.29, 1.82) is 0 Å². The van der Waals surface area contributed by atoms with E-state index >= 15 is 0 Å². The molecule has 2 N–H and O–H groups in total. The van der Waals surface area contributed by atoms with Crippen molar-refractivity contribution >= 4 is 33.1 Å². The molecule has 0 radical (unpaired) electrons. The molecule has 3 heterocycles. The van der Waals surface area contributed by atoms with E-state index in [1.165, 1.54) is 11.3 Å². The number of amides is 1. The molecule has 0 bridgehead atoms. The van der Waals surface area contributed by atoms with Gasteiger partial charge < -0.3 is 15.4 Å². The fourth-order valence-electron chi connectivity index (χ4n) is 2.68. The van der Waals surface area contributed by atoms with E-state index in [2.05, 4.69) is 4.98 Å². The summed E-state index contributed by atoms with van der Waals surface area (Å²) in [6.45, 7) is 2.34. The van der Waals surface area contributed by atoms with Gasteiger partial charge in [0.15, 0.2) is 0 Å². The van der Waals surface area contributed by atoms with Crippen molar-refractivity contribution in [2.24, 2.45) is 5.92 Å². The highest BCUT2D eigenvalue weighted by molar-refractivity contribution is 7.21. The van der Waals surface area contributed by atoms with Crippen molar-refractivity contribution in [2.45, 2.75) is 12.8 Å². The van der Waals surface area contributed by atoms with Crippen LogP contribution in [0.1, 0.15) is 22.5 Å². The number of thiophene rings is 1. The molecule has 112 valence electrons. The second-order valence-electron chi connectivity index (χ2n) is 5.44. The number of aromatic nitrogens is 1. The van der Waals surface area contributed by atoms with E-state index in [1.807, 2.05) is 19.2 Å². The minimum atomic E-state index is -0.0120. The topological polar surface area (TPSA) is 68.5 Å². The van der Waals surface area contributed by atoms with Crippen molar-refractivity contribution in [3.8, 4) is 0 Å². The number of hydrogen-bond acceptors (Lipinski definition) is 5. The van der Waals surface area contributed by atoms with Crippen LogP contribution in [0.5, 0.6) is 0 Å². The van der Waals surface area contributed by atoms with E-state index in [0.29, 0.717) is 16.5 Å². The first-order chi connectivity index (χ1) is 10.2. The Balaban J connectivity index is 1.77. The first-order valence-electron chi connectivity index (χ1n) is 7.13. The van der Waals surface area contributed by atoms with Crippen LogP contribution in [0, 0.1) is 5.92 Å². The summed E-state index contributed by atoms with van der Waals surface area (Å²) in [6, 6.07) is 3.80. The standard InChI is InChI=1S/C15H19N3O2S/c1-18(9-10-4-7-20-8-5-10)15(19)14-12(16)13-11(21-14)3-2-6-17-13/h2-3,6,10H,4-5,7-9,16H2,1H3. The van der Waals surface area contributed by atoms with Crippen molar-refractivity contribution in [1.82, 2.24) is 9.88 Å². The number of nitrogens with two attached hydrogens (primary N) is 1. The smallest absolute Gasteiger partial charge is 0.265 e. The highest BCUT2D eigenvalue weighted by Gasteiger charge is 2.23. The van der Waals surface area contributed by atoms with Crippen molar-refractivity contribution in [2.75, 3.05) is 32.5 Å². The van der Waals surface area contributed by atoms with E-state index in [0.717, 1.165) is 42.8 Å². The Hall–Kier alpha value is -1.66. The van der Waals surface area contributed by atoms with Gasteiger partial charge in [0, 0.05) is 33.0 Å². The molecule has 0 unspecified atom stereocenters. The Bertz CT molecular complexity index is 649. The van der Waals surface area contributed by atoms with Gasteiger partial charge in [0.2, 0.25) is 0 Å². The van der Waals surface area contributed by atoms with Gasteiger partial charge >= 0.3 is 0 Å². The molecular weight excluding hydrogens is 286 g/mol. The summed E-state index contributed by atoms with van der Waals surface area (Å²) in [7, 11) is 1.84. The molecule has 0 spiro atoms. The fourth-order valence-corrected chi connectivity index (χ4v) is 3.75. The molecule has 21 heavy (non-hydrogen) atoms. The van der Waals surface area contributed by atoms with E-state index in [1.54, 1.807) is 11.1 Å².